The molecule has 11 heteroatoms. The highest BCUT2D eigenvalue weighted by atomic mass is 16.5. The van der Waals surface area contributed by atoms with Crippen LogP contribution in [0.3, 0.4) is 0 Å². The lowest BCUT2D eigenvalue weighted by atomic mass is 10.2. The number of methoxy groups -OCH3 is 1. The van der Waals surface area contributed by atoms with Crippen LogP contribution in [0.2, 0.25) is 0 Å². The second-order valence-electron chi connectivity index (χ2n) is 8.41. The van der Waals surface area contributed by atoms with Crippen molar-refractivity contribution in [3.8, 4) is 17.7 Å². The lowest BCUT2D eigenvalue weighted by molar-refractivity contribution is -0.135. The second-order valence-corrected chi connectivity index (χ2v) is 8.41. The smallest absolute Gasteiger partial charge is 0.246 e. The molecule has 0 aliphatic rings. The van der Waals surface area contributed by atoms with Gasteiger partial charge in [0, 0.05) is 45.7 Å². The number of anilines is 3. The molecule has 2 amide bonds. The van der Waals surface area contributed by atoms with Crippen molar-refractivity contribution < 1.29 is 14.3 Å². The molecule has 11 nitrogen and oxygen atoms in total. The molecule has 0 aliphatic heterocycles. The van der Waals surface area contributed by atoms with Gasteiger partial charge in [-0.2, -0.15) is 4.98 Å². The number of ether oxygens (including phenoxy) is 1. The fourth-order valence-corrected chi connectivity index (χ4v) is 2.94. The van der Waals surface area contributed by atoms with E-state index in [0.717, 1.165) is 5.69 Å². The number of rotatable bonds is 12. The van der Waals surface area contributed by atoms with Crippen molar-refractivity contribution in [1.82, 2.24) is 30.1 Å². The number of hydrogen-bond donors (Lipinski definition) is 3. The van der Waals surface area contributed by atoms with E-state index in [-0.39, 0.29) is 11.8 Å². The lowest BCUT2D eigenvalue weighted by Crippen LogP contribution is -2.45. The van der Waals surface area contributed by atoms with E-state index >= 15 is 0 Å². The fourth-order valence-electron chi connectivity index (χ4n) is 2.94. The first kappa shape index (κ1) is 29.1. The monoisotopic (exact) mass is 508 g/mol. The summed E-state index contributed by atoms with van der Waals surface area (Å²) in [6.07, 6.45) is 7.77. The van der Waals surface area contributed by atoms with E-state index in [1.165, 1.54) is 11.0 Å². The number of nitrogens with zero attached hydrogens (tertiary/aromatic N) is 5. The van der Waals surface area contributed by atoms with Crippen molar-refractivity contribution in [3.05, 3.63) is 42.2 Å². The summed E-state index contributed by atoms with van der Waals surface area (Å²) in [5.74, 6) is 7.30. The molecule has 0 unspecified atom stereocenters. The van der Waals surface area contributed by atoms with E-state index in [2.05, 4.69) is 42.7 Å². The predicted molar refractivity (Wildman–Crippen MR) is 145 cm³/mol. The number of amides is 2. The summed E-state index contributed by atoms with van der Waals surface area (Å²) in [4.78, 5) is 40.9. The summed E-state index contributed by atoms with van der Waals surface area (Å²) < 4.78 is 5.09. The van der Waals surface area contributed by atoms with E-state index in [1.807, 2.05) is 25.1 Å². The van der Waals surface area contributed by atoms with Gasteiger partial charge >= 0.3 is 0 Å². The largest absolute Gasteiger partial charge is 0.481 e. The van der Waals surface area contributed by atoms with Crippen LogP contribution in [0.1, 0.15) is 25.3 Å². The molecule has 3 N–H and O–H groups in total. The molecule has 37 heavy (non-hydrogen) atoms. The zero-order valence-electron chi connectivity index (χ0n) is 22.3. The SMILES string of the molecule is CNc1ncc(C#CCCCNC(=O)[C@H](C)N(C)C(=O)/C=C/CN(C)C)c(Nc2ccc(OC)nc2)n1. The van der Waals surface area contributed by atoms with Gasteiger partial charge in [0.2, 0.25) is 23.6 Å². The van der Waals surface area contributed by atoms with E-state index in [0.29, 0.717) is 49.1 Å². The van der Waals surface area contributed by atoms with Crippen LogP contribution in [-0.4, -0.2) is 91.0 Å². The van der Waals surface area contributed by atoms with Gasteiger partial charge in [-0.25, -0.2) is 9.97 Å². The van der Waals surface area contributed by atoms with E-state index in [9.17, 15) is 9.59 Å². The molecule has 0 radical (unpaired) electrons. The Balaban J connectivity index is 1.88. The lowest BCUT2D eigenvalue weighted by Gasteiger charge is -2.23. The first-order valence-electron chi connectivity index (χ1n) is 11.9. The zero-order valence-corrected chi connectivity index (χ0v) is 22.3. The predicted octanol–water partition coefficient (Wildman–Crippen LogP) is 1.88. The number of nitrogens with one attached hydrogen (secondary N) is 3. The Morgan fingerprint density at radius 2 is 1.97 bits per heavy atom. The summed E-state index contributed by atoms with van der Waals surface area (Å²) >= 11 is 0. The van der Waals surface area contributed by atoms with Crippen molar-refractivity contribution >= 4 is 29.3 Å². The Hall–Kier alpha value is -4.17. The third kappa shape index (κ3) is 9.77. The zero-order chi connectivity index (χ0) is 27.2. The van der Waals surface area contributed by atoms with Crippen molar-refractivity contribution in [1.29, 1.82) is 0 Å². The first-order valence-corrected chi connectivity index (χ1v) is 11.9. The van der Waals surface area contributed by atoms with Crippen molar-refractivity contribution in [2.75, 3.05) is 59.0 Å². The minimum absolute atomic E-state index is 0.208. The highest BCUT2D eigenvalue weighted by Crippen LogP contribution is 2.20. The average Bonchev–Trinajstić information content (AvgIpc) is 2.90. The van der Waals surface area contributed by atoms with Crippen molar-refractivity contribution in [3.63, 3.8) is 0 Å². The van der Waals surface area contributed by atoms with E-state index < -0.39 is 6.04 Å². The third-order valence-electron chi connectivity index (χ3n) is 5.26. The van der Waals surface area contributed by atoms with Crippen molar-refractivity contribution in [2.24, 2.45) is 0 Å². The number of unbranched alkanes of at least 4 members (excludes halogenated alkanes) is 1. The average molecular weight is 509 g/mol. The minimum Gasteiger partial charge on any atom is -0.481 e. The maximum Gasteiger partial charge on any atom is 0.246 e. The first-order chi connectivity index (χ1) is 17.7. The Morgan fingerprint density at radius 3 is 2.62 bits per heavy atom. The topological polar surface area (TPSA) is 125 Å². The van der Waals surface area contributed by atoms with Crippen LogP contribution >= 0.6 is 0 Å². The van der Waals surface area contributed by atoms with Crippen LogP contribution < -0.4 is 20.7 Å². The molecule has 2 heterocycles. The maximum absolute atomic E-state index is 12.4. The van der Waals surface area contributed by atoms with Gasteiger partial charge in [0.05, 0.1) is 30.8 Å². The van der Waals surface area contributed by atoms with E-state index in [1.54, 1.807) is 52.7 Å². The molecule has 0 saturated carbocycles. The van der Waals surface area contributed by atoms with Gasteiger partial charge in [-0.3, -0.25) is 9.59 Å². The van der Waals surface area contributed by atoms with Crippen LogP contribution in [0.5, 0.6) is 5.88 Å². The molecule has 198 valence electrons. The Bertz CT molecular complexity index is 1120. The molecule has 0 saturated heterocycles. The van der Waals surface area contributed by atoms with Crippen LogP contribution in [0, 0.1) is 11.8 Å². The Kier molecular flexibility index (Phi) is 11.8. The normalized spacial score (nSPS) is 11.4. The molecule has 0 aliphatic carbocycles. The molecule has 0 fully saturated rings. The molecular weight excluding hydrogens is 472 g/mol. The molecule has 2 aromatic heterocycles. The molecule has 1 atom stereocenters. The maximum atomic E-state index is 12.4. The van der Waals surface area contributed by atoms with Gasteiger partial charge in [0.15, 0.2) is 5.82 Å². The van der Waals surface area contributed by atoms with Crippen LogP contribution in [-0.2, 0) is 9.59 Å². The standard InChI is InChI=1S/C26H36N8O3/c1-19(34(5)23(35)12-10-16-33(3)4)25(36)28-15-9-7-8-11-20-17-30-26(27-2)32-24(20)31-21-13-14-22(37-6)29-18-21/h10,12-14,17-19H,7,9,15-16H2,1-6H3,(H,28,36)(H2,27,30,31,32)/b12-10+/t19-/m0/s1. The van der Waals surface area contributed by atoms with Crippen LogP contribution in [0.4, 0.5) is 17.5 Å². The number of pyridine rings is 1. The Labute approximate surface area is 218 Å². The second kappa shape index (κ2) is 15.1. The van der Waals surface area contributed by atoms with Gasteiger partial charge < -0.3 is 30.5 Å². The molecule has 2 aromatic rings. The van der Waals surface area contributed by atoms with Crippen molar-refractivity contribution in [2.45, 2.75) is 25.8 Å². The molecule has 2 rings (SSSR count). The summed E-state index contributed by atoms with van der Waals surface area (Å²) in [6.45, 7) is 2.81. The fraction of sp³-hybridized carbons (Fsp3) is 0.423. The van der Waals surface area contributed by atoms with E-state index in [4.69, 9.17) is 4.74 Å². The van der Waals surface area contributed by atoms with Crippen LogP contribution in [0.25, 0.3) is 0 Å². The van der Waals surface area contributed by atoms with Gasteiger partial charge in [0.1, 0.15) is 6.04 Å². The summed E-state index contributed by atoms with van der Waals surface area (Å²) in [5, 5.41) is 8.99. The summed E-state index contributed by atoms with van der Waals surface area (Å²) in [6, 6.07) is 3.00. The third-order valence-corrected chi connectivity index (χ3v) is 5.26. The molecular formula is C26H36N8O3. The Morgan fingerprint density at radius 1 is 1.19 bits per heavy atom. The highest BCUT2D eigenvalue weighted by molar-refractivity contribution is 5.92. The van der Waals surface area contributed by atoms with Gasteiger partial charge in [-0.05, 0) is 33.5 Å². The number of aromatic nitrogens is 3. The number of hydrogen-bond acceptors (Lipinski definition) is 9. The number of likely N-dealkylation sites (N-methyl/N-ethyl adjacent to an activating group) is 2. The molecule has 0 spiro atoms. The summed E-state index contributed by atoms with van der Waals surface area (Å²) in [7, 11) is 8.76. The quantitative estimate of drug-likeness (QED) is 0.224. The molecule has 0 aromatic carbocycles. The van der Waals surface area contributed by atoms with Gasteiger partial charge in [-0.1, -0.05) is 17.9 Å². The van der Waals surface area contributed by atoms with Crippen LogP contribution in [0.15, 0.2) is 36.7 Å². The minimum atomic E-state index is -0.577. The summed E-state index contributed by atoms with van der Waals surface area (Å²) in [5.41, 5.74) is 1.37. The molecule has 0 bridgehead atoms. The van der Waals surface area contributed by atoms with Gasteiger partial charge in [0.25, 0.3) is 0 Å². The highest BCUT2D eigenvalue weighted by Gasteiger charge is 2.20. The number of carbonyl (C=O) groups is 2. The van der Waals surface area contributed by atoms with Gasteiger partial charge in [-0.15, -0.1) is 0 Å². The number of carbonyl (C=O) groups excluding carboxylic acids is 2.